The van der Waals surface area contributed by atoms with Crippen molar-refractivity contribution in [1.29, 1.82) is 0 Å². The quantitative estimate of drug-likeness (QED) is 0.685. The zero-order chi connectivity index (χ0) is 13.7. The van der Waals surface area contributed by atoms with Crippen LogP contribution in [0.25, 0.3) is 0 Å². The minimum absolute atomic E-state index is 0.0681. The van der Waals surface area contributed by atoms with Crippen molar-refractivity contribution >= 4 is 17.7 Å². The summed E-state index contributed by atoms with van der Waals surface area (Å²) in [5, 5.41) is 0. The Kier molecular flexibility index (Phi) is 4.88. The minimum atomic E-state index is -0.774. The maximum absolute atomic E-state index is 11.5. The lowest BCUT2D eigenvalue weighted by Crippen LogP contribution is -2.45. The van der Waals surface area contributed by atoms with E-state index in [0.717, 1.165) is 0 Å². The summed E-state index contributed by atoms with van der Waals surface area (Å²) in [4.78, 5) is 33.3. The minimum Gasteiger partial charge on any atom is -0.491 e. The van der Waals surface area contributed by atoms with Crippen molar-refractivity contribution in [1.82, 2.24) is 0 Å². The molecule has 1 rings (SSSR count). The molecule has 18 heavy (non-hydrogen) atoms. The summed E-state index contributed by atoms with van der Waals surface area (Å²) in [7, 11) is 0. The van der Waals surface area contributed by atoms with E-state index >= 15 is 0 Å². The molecule has 3 unspecified atom stereocenters. The van der Waals surface area contributed by atoms with E-state index < -0.39 is 30.1 Å². The second kappa shape index (κ2) is 6.18. The van der Waals surface area contributed by atoms with Gasteiger partial charge in [-0.1, -0.05) is 0 Å². The normalized spacial score (nSPS) is 26.1. The first-order chi connectivity index (χ1) is 8.41. The molecule has 0 fully saturated rings. The van der Waals surface area contributed by atoms with Crippen molar-refractivity contribution in [3.63, 3.8) is 0 Å². The van der Waals surface area contributed by atoms with Gasteiger partial charge in [0.05, 0.1) is 12.2 Å². The molecule has 0 aromatic heterocycles. The van der Waals surface area contributed by atoms with Gasteiger partial charge < -0.3 is 14.2 Å². The molecule has 0 aromatic rings. The lowest BCUT2D eigenvalue weighted by atomic mass is 9.92. The Morgan fingerprint density at radius 1 is 1.17 bits per heavy atom. The third kappa shape index (κ3) is 3.87. The summed E-state index contributed by atoms with van der Waals surface area (Å²) < 4.78 is 15.1. The molecular weight excluding hydrogens is 240 g/mol. The van der Waals surface area contributed by atoms with Crippen molar-refractivity contribution in [2.45, 2.75) is 33.0 Å². The van der Waals surface area contributed by atoms with E-state index in [2.05, 4.69) is 0 Å². The van der Waals surface area contributed by atoms with Crippen molar-refractivity contribution in [3.05, 3.63) is 12.3 Å². The van der Waals surface area contributed by atoms with Gasteiger partial charge >= 0.3 is 11.9 Å². The molecule has 1 aliphatic heterocycles. The molecule has 6 heteroatoms. The predicted octanol–water partition coefficient (Wildman–Crippen LogP) is 0.599. The molecule has 0 N–H and O–H groups in total. The van der Waals surface area contributed by atoms with Gasteiger partial charge in [-0.2, -0.15) is 0 Å². The lowest BCUT2D eigenvalue weighted by Gasteiger charge is -2.32. The Hall–Kier alpha value is -1.85. The van der Waals surface area contributed by atoms with E-state index in [0.29, 0.717) is 0 Å². The highest BCUT2D eigenvalue weighted by Gasteiger charge is 2.38. The first-order valence-electron chi connectivity index (χ1n) is 5.55. The third-order valence-corrected chi connectivity index (χ3v) is 2.48. The van der Waals surface area contributed by atoms with Gasteiger partial charge in [0.2, 0.25) is 0 Å². The average molecular weight is 256 g/mol. The molecule has 0 aromatic carbocycles. The van der Waals surface area contributed by atoms with Crippen LogP contribution in [-0.4, -0.2) is 36.5 Å². The van der Waals surface area contributed by atoms with Crippen LogP contribution < -0.4 is 0 Å². The van der Waals surface area contributed by atoms with Crippen LogP contribution in [0.15, 0.2) is 12.3 Å². The lowest BCUT2D eigenvalue weighted by molar-refractivity contribution is -0.165. The van der Waals surface area contributed by atoms with Gasteiger partial charge in [0.1, 0.15) is 12.4 Å². The van der Waals surface area contributed by atoms with Crippen LogP contribution in [-0.2, 0) is 28.6 Å². The molecular formula is C12H16O6. The van der Waals surface area contributed by atoms with Crippen molar-refractivity contribution in [2.24, 2.45) is 5.92 Å². The molecule has 1 heterocycles. The van der Waals surface area contributed by atoms with Crippen LogP contribution >= 0.6 is 0 Å². The van der Waals surface area contributed by atoms with Gasteiger partial charge in [0, 0.05) is 13.8 Å². The topological polar surface area (TPSA) is 78.9 Å². The first-order valence-corrected chi connectivity index (χ1v) is 5.55. The molecule has 0 saturated heterocycles. The second-order valence-corrected chi connectivity index (χ2v) is 4.02. The fourth-order valence-electron chi connectivity index (χ4n) is 1.69. The fourth-order valence-corrected chi connectivity index (χ4v) is 1.69. The number of esters is 2. The van der Waals surface area contributed by atoms with Crippen LogP contribution in [0.5, 0.6) is 0 Å². The van der Waals surface area contributed by atoms with Gasteiger partial charge in [0.25, 0.3) is 0 Å². The summed E-state index contributed by atoms with van der Waals surface area (Å²) in [5.41, 5.74) is 0. The molecule has 1 aliphatic rings. The maximum atomic E-state index is 11.5. The van der Waals surface area contributed by atoms with Crippen LogP contribution in [0.1, 0.15) is 20.8 Å². The van der Waals surface area contributed by atoms with Crippen molar-refractivity contribution < 1.29 is 28.6 Å². The SMILES string of the molecule is CC(=O)OCC1OC=CC(C(C)=O)C1OC(C)=O. The summed E-state index contributed by atoms with van der Waals surface area (Å²) in [5.74, 6) is -1.70. The van der Waals surface area contributed by atoms with Crippen molar-refractivity contribution in [2.75, 3.05) is 6.61 Å². The molecule has 0 amide bonds. The first kappa shape index (κ1) is 14.2. The van der Waals surface area contributed by atoms with E-state index in [-0.39, 0.29) is 12.4 Å². The van der Waals surface area contributed by atoms with Gasteiger partial charge in [-0.05, 0) is 13.0 Å². The highest BCUT2D eigenvalue weighted by atomic mass is 16.6. The highest BCUT2D eigenvalue weighted by Crippen LogP contribution is 2.23. The largest absolute Gasteiger partial charge is 0.491 e. The number of carbonyl (C=O) groups excluding carboxylic acids is 3. The van der Waals surface area contributed by atoms with E-state index in [1.165, 1.54) is 33.1 Å². The van der Waals surface area contributed by atoms with E-state index in [1.807, 2.05) is 0 Å². The third-order valence-electron chi connectivity index (χ3n) is 2.48. The number of rotatable bonds is 4. The number of hydrogen-bond acceptors (Lipinski definition) is 6. The molecule has 0 spiro atoms. The summed E-state index contributed by atoms with van der Waals surface area (Å²) >= 11 is 0. The number of hydrogen-bond donors (Lipinski definition) is 0. The van der Waals surface area contributed by atoms with Gasteiger partial charge in [-0.15, -0.1) is 0 Å². The number of Topliss-reactive ketones (excluding diaryl/α,β-unsaturated/α-hetero) is 1. The Morgan fingerprint density at radius 3 is 2.33 bits per heavy atom. The highest BCUT2D eigenvalue weighted by molar-refractivity contribution is 5.81. The molecule has 6 nitrogen and oxygen atoms in total. The Labute approximate surface area is 105 Å². The number of ketones is 1. The van der Waals surface area contributed by atoms with Crippen molar-refractivity contribution in [3.8, 4) is 0 Å². The standard InChI is InChI=1S/C12H16O6/c1-7(13)10-4-5-16-11(6-17-8(2)14)12(10)18-9(3)15/h4-5,10-12H,6H2,1-3H3. The summed E-state index contributed by atoms with van der Waals surface area (Å²) in [6.07, 6.45) is 1.45. The smallest absolute Gasteiger partial charge is 0.303 e. The molecule has 3 atom stereocenters. The van der Waals surface area contributed by atoms with Crippen LogP contribution in [0.4, 0.5) is 0 Å². The van der Waals surface area contributed by atoms with Gasteiger partial charge in [-0.25, -0.2) is 0 Å². The molecule has 100 valence electrons. The zero-order valence-corrected chi connectivity index (χ0v) is 10.5. The van der Waals surface area contributed by atoms with Crippen LogP contribution in [0.2, 0.25) is 0 Å². The zero-order valence-electron chi connectivity index (χ0n) is 10.5. The van der Waals surface area contributed by atoms with E-state index in [1.54, 1.807) is 0 Å². The van der Waals surface area contributed by atoms with Crippen LogP contribution in [0, 0.1) is 5.92 Å². The number of carbonyl (C=O) groups is 3. The summed E-state index contributed by atoms with van der Waals surface area (Å²) in [6, 6.07) is 0. The van der Waals surface area contributed by atoms with Gasteiger partial charge in [0.15, 0.2) is 12.2 Å². The molecule has 0 aliphatic carbocycles. The Balaban J connectivity index is 2.80. The van der Waals surface area contributed by atoms with Crippen LogP contribution in [0.3, 0.4) is 0 Å². The Morgan fingerprint density at radius 2 is 1.83 bits per heavy atom. The van der Waals surface area contributed by atoms with E-state index in [9.17, 15) is 14.4 Å². The predicted molar refractivity (Wildman–Crippen MR) is 60.4 cm³/mol. The maximum Gasteiger partial charge on any atom is 0.303 e. The monoisotopic (exact) mass is 256 g/mol. The fraction of sp³-hybridized carbons (Fsp3) is 0.583. The molecule has 0 saturated carbocycles. The molecule has 0 radical (unpaired) electrons. The number of ether oxygens (including phenoxy) is 3. The van der Waals surface area contributed by atoms with Gasteiger partial charge in [-0.3, -0.25) is 14.4 Å². The second-order valence-electron chi connectivity index (χ2n) is 4.02. The molecule has 0 bridgehead atoms. The Bertz CT molecular complexity index is 373. The summed E-state index contributed by atoms with van der Waals surface area (Å²) in [6.45, 7) is 3.85. The van der Waals surface area contributed by atoms with E-state index in [4.69, 9.17) is 14.2 Å². The average Bonchev–Trinajstić information content (AvgIpc) is 2.26.